The molecule has 0 aliphatic carbocycles. The Kier molecular flexibility index (Phi) is 4.84. The van der Waals surface area contributed by atoms with Crippen LogP contribution in [0.3, 0.4) is 0 Å². The third kappa shape index (κ3) is 3.62. The molecule has 1 fully saturated rings. The summed E-state index contributed by atoms with van der Waals surface area (Å²) >= 11 is 0. The van der Waals surface area contributed by atoms with Crippen LogP contribution >= 0.6 is 0 Å². The maximum absolute atomic E-state index is 12.7. The second kappa shape index (κ2) is 7.18. The highest BCUT2D eigenvalue weighted by atomic mass is 19.4. The van der Waals surface area contributed by atoms with Gasteiger partial charge in [0.2, 0.25) is 0 Å². The average Bonchev–Trinajstić information content (AvgIpc) is 2.97. The van der Waals surface area contributed by atoms with Crippen LogP contribution in [0, 0.1) is 0 Å². The fraction of sp³-hybridized carbons (Fsp3) is 0.400. The minimum Gasteiger partial charge on any atom is -0.391 e. The molecule has 5 nitrogen and oxygen atoms in total. The summed E-state index contributed by atoms with van der Waals surface area (Å²) in [5.41, 5.74) is 1.73. The summed E-state index contributed by atoms with van der Waals surface area (Å²) in [4.78, 5) is 10.9. The summed E-state index contributed by atoms with van der Waals surface area (Å²) in [6.45, 7) is 1.77. The van der Waals surface area contributed by atoms with Crippen molar-refractivity contribution < 1.29 is 18.3 Å². The molecule has 0 radical (unpaired) electrons. The monoisotopic (exact) mass is 390 g/mol. The molecule has 2 atom stereocenters. The predicted molar refractivity (Wildman–Crippen MR) is 98.6 cm³/mol. The number of likely N-dealkylation sites (tertiary alicyclic amines) is 1. The van der Waals surface area contributed by atoms with E-state index >= 15 is 0 Å². The number of aliphatic hydroxyl groups is 1. The number of imidazole rings is 1. The Morgan fingerprint density at radius 2 is 1.93 bits per heavy atom. The normalized spacial score (nSPS) is 21.3. The fourth-order valence-electron chi connectivity index (χ4n) is 3.86. The van der Waals surface area contributed by atoms with Crippen molar-refractivity contribution in [3.05, 3.63) is 59.5 Å². The minimum atomic E-state index is -4.35. The van der Waals surface area contributed by atoms with Crippen molar-refractivity contribution in [2.24, 2.45) is 7.05 Å². The molecule has 3 aromatic rings. The van der Waals surface area contributed by atoms with E-state index in [1.165, 1.54) is 12.1 Å². The standard InChI is InChI=1S/C20H21F3N4O/c1-26-16-3-2-9-24-19(16)25-18(26)12-27-10-8-15(17(28)11-27)13-4-6-14(7-5-13)20(21,22)23/h2-7,9,15,17,28H,8,10-12H2,1H3/t15-,17+/m0/s1. The van der Waals surface area contributed by atoms with Crippen LogP contribution < -0.4 is 0 Å². The lowest BCUT2D eigenvalue weighted by Crippen LogP contribution is -2.42. The quantitative estimate of drug-likeness (QED) is 0.745. The predicted octanol–water partition coefficient (Wildman–Crippen LogP) is 3.34. The number of hydrogen-bond acceptors (Lipinski definition) is 4. The van der Waals surface area contributed by atoms with Crippen molar-refractivity contribution in [2.75, 3.05) is 13.1 Å². The molecule has 8 heteroatoms. The number of hydrogen-bond donors (Lipinski definition) is 1. The van der Waals surface area contributed by atoms with E-state index in [0.29, 0.717) is 25.2 Å². The van der Waals surface area contributed by atoms with Crippen molar-refractivity contribution in [2.45, 2.75) is 31.2 Å². The first-order valence-corrected chi connectivity index (χ1v) is 9.17. The zero-order valence-corrected chi connectivity index (χ0v) is 15.4. The summed E-state index contributed by atoms with van der Waals surface area (Å²) in [6, 6.07) is 8.95. The van der Waals surface area contributed by atoms with Crippen LogP contribution in [0.1, 0.15) is 29.3 Å². The summed E-state index contributed by atoms with van der Waals surface area (Å²) < 4.78 is 40.2. The molecular formula is C20H21F3N4O. The number of aryl methyl sites for hydroxylation is 1. The number of β-amino-alcohol motifs (C(OH)–C–C–N with tert-alkyl or cyclic N) is 1. The first-order chi connectivity index (χ1) is 13.3. The van der Waals surface area contributed by atoms with Gasteiger partial charge in [0, 0.05) is 25.7 Å². The zero-order valence-electron chi connectivity index (χ0n) is 15.4. The molecule has 1 aromatic carbocycles. The SMILES string of the molecule is Cn1c(CN2CC[C@@H](c3ccc(C(F)(F)F)cc3)[C@H](O)C2)nc2ncccc21. The maximum atomic E-state index is 12.7. The smallest absolute Gasteiger partial charge is 0.391 e. The molecule has 4 rings (SSSR count). The lowest BCUT2D eigenvalue weighted by molar-refractivity contribution is -0.137. The van der Waals surface area contributed by atoms with Gasteiger partial charge in [-0.1, -0.05) is 12.1 Å². The molecule has 3 heterocycles. The Morgan fingerprint density at radius 3 is 2.57 bits per heavy atom. The third-order valence-corrected chi connectivity index (χ3v) is 5.45. The number of aliphatic hydroxyl groups excluding tert-OH is 1. The van der Waals surface area contributed by atoms with Gasteiger partial charge in [0.05, 0.1) is 23.7 Å². The van der Waals surface area contributed by atoms with Gasteiger partial charge in [0.25, 0.3) is 0 Å². The van der Waals surface area contributed by atoms with E-state index in [1.807, 2.05) is 23.7 Å². The second-order valence-electron chi connectivity index (χ2n) is 7.25. The molecule has 2 aromatic heterocycles. The summed E-state index contributed by atoms with van der Waals surface area (Å²) in [7, 11) is 1.94. The Balaban J connectivity index is 1.44. The number of benzene rings is 1. The Labute approximate surface area is 160 Å². The van der Waals surface area contributed by atoms with Crippen molar-refractivity contribution in [1.82, 2.24) is 19.4 Å². The number of aromatic nitrogens is 3. The fourth-order valence-corrected chi connectivity index (χ4v) is 3.86. The molecule has 1 saturated heterocycles. The van der Waals surface area contributed by atoms with Crippen LogP contribution in [0.5, 0.6) is 0 Å². The highest BCUT2D eigenvalue weighted by Crippen LogP contribution is 2.33. The van der Waals surface area contributed by atoms with Crippen LogP contribution in [-0.4, -0.2) is 43.7 Å². The molecule has 1 N–H and O–H groups in total. The molecular weight excluding hydrogens is 369 g/mol. The summed E-state index contributed by atoms with van der Waals surface area (Å²) in [5.74, 6) is 0.703. The molecule has 0 unspecified atom stereocenters. The van der Waals surface area contributed by atoms with Gasteiger partial charge in [-0.05, 0) is 42.8 Å². The van der Waals surface area contributed by atoms with Crippen LogP contribution in [0.2, 0.25) is 0 Å². The van der Waals surface area contributed by atoms with Crippen LogP contribution in [0.15, 0.2) is 42.6 Å². The van der Waals surface area contributed by atoms with E-state index in [0.717, 1.165) is 35.6 Å². The molecule has 1 aliphatic rings. The highest BCUT2D eigenvalue weighted by Gasteiger charge is 2.32. The number of rotatable bonds is 3. The van der Waals surface area contributed by atoms with Gasteiger partial charge in [-0.15, -0.1) is 0 Å². The number of fused-ring (bicyclic) bond motifs is 1. The first-order valence-electron chi connectivity index (χ1n) is 9.17. The topological polar surface area (TPSA) is 54.2 Å². The minimum absolute atomic E-state index is 0.166. The largest absolute Gasteiger partial charge is 0.416 e. The van der Waals surface area contributed by atoms with Crippen LogP contribution in [-0.2, 0) is 19.8 Å². The van der Waals surface area contributed by atoms with Gasteiger partial charge < -0.3 is 9.67 Å². The van der Waals surface area contributed by atoms with Gasteiger partial charge in [0.15, 0.2) is 5.65 Å². The molecule has 0 saturated carbocycles. The van der Waals surface area contributed by atoms with E-state index in [2.05, 4.69) is 14.9 Å². The number of alkyl halides is 3. The molecule has 28 heavy (non-hydrogen) atoms. The Hall–Kier alpha value is -2.45. The Bertz CT molecular complexity index is 968. The molecule has 0 amide bonds. The lowest BCUT2D eigenvalue weighted by Gasteiger charge is -2.36. The Morgan fingerprint density at radius 1 is 1.18 bits per heavy atom. The zero-order chi connectivity index (χ0) is 19.9. The van der Waals surface area contributed by atoms with E-state index in [-0.39, 0.29) is 5.92 Å². The van der Waals surface area contributed by atoms with Crippen LogP contribution in [0.4, 0.5) is 13.2 Å². The van der Waals surface area contributed by atoms with E-state index in [1.54, 1.807) is 6.20 Å². The van der Waals surface area contributed by atoms with E-state index in [4.69, 9.17) is 0 Å². The van der Waals surface area contributed by atoms with Gasteiger partial charge in [-0.3, -0.25) is 4.90 Å². The van der Waals surface area contributed by atoms with Crippen LogP contribution in [0.25, 0.3) is 11.2 Å². The molecule has 1 aliphatic heterocycles. The summed E-state index contributed by atoms with van der Waals surface area (Å²) in [5, 5.41) is 10.6. The van der Waals surface area contributed by atoms with Gasteiger partial charge in [-0.2, -0.15) is 13.2 Å². The number of halogens is 3. The first kappa shape index (κ1) is 18.9. The number of nitrogens with zero attached hydrogens (tertiary/aromatic N) is 4. The number of piperidine rings is 1. The molecule has 148 valence electrons. The maximum Gasteiger partial charge on any atom is 0.416 e. The molecule has 0 spiro atoms. The van der Waals surface area contributed by atoms with Crippen molar-refractivity contribution in [1.29, 1.82) is 0 Å². The lowest BCUT2D eigenvalue weighted by atomic mass is 9.86. The third-order valence-electron chi connectivity index (χ3n) is 5.45. The second-order valence-corrected chi connectivity index (χ2v) is 7.25. The van der Waals surface area contributed by atoms with Crippen molar-refractivity contribution >= 4 is 11.2 Å². The van der Waals surface area contributed by atoms with E-state index in [9.17, 15) is 18.3 Å². The van der Waals surface area contributed by atoms with Crippen molar-refractivity contribution in [3.8, 4) is 0 Å². The van der Waals surface area contributed by atoms with Gasteiger partial charge >= 0.3 is 6.18 Å². The highest BCUT2D eigenvalue weighted by molar-refractivity contribution is 5.71. The molecule has 0 bridgehead atoms. The summed E-state index contributed by atoms with van der Waals surface area (Å²) in [6.07, 6.45) is -2.60. The van der Waals surface area contributed by atoms with Crippen molar-refractivity contribution in [3.63, 3.8) is 0 Å². The van der Waals surface area contributed by atoms with Gasteiger partial charge in [0.1, 0.15) is 5.82 Å². The average molecular weight is 390 g/mol. The van der Waals surface area contributed by atoms with Gasteiger partial charge in [-0.25, -0.2) is 9.97 Å². The number of pyridine rings is 1. The van der Waals surface area contributed by atoms with E-state index < -0.39 is 17.8 Å².